The molecule has 4 N–H and O–H groups in total. The van der Waals surface area contributed by atoms with Gasteiger partial charge in [0, 0.05) is 5.69 Å². The second-order valence-electron chi connectivity index (χ2n) is 4.41. The van der Waals surface area contributed by atoms with Crippen molar-refractivity contribution in [2.45, 2.75) is 6.10 Å². The molecule has 2 aromatic rings. The predicted octanol–water partition coefficient (Wildman–Crippen LogP) is 2.94. The standard InChI is InChI=1S/C15H15ClFN3O/c16-12-7-6-10(8-13(12)17)14(21)9-19-15(18)20-11-4-2-1-3-5-11/h1-8,14,21H,9H2,(H3,18,19,20). The quantitative estimate of drug-likeness (QED) is 0.601. The molecular formula is C15H15ClFN3O. The van der Waals surface area contributed by atoms with E-state index in [4.69, 9.17) is 17.3 Å². The number of benzene rings is 2. The molecule has 1 unspecified atom stereocenters. The second-order valence-corrected chi connectivity index (χ2v) is 4.81. The van der Waals surface area contributed by atoms with Crippen molar-refractivity contribution in [3.05, 3.63) is 64.9 Å². The van der Waals surface area contributed by atoms with Gasteiger partial charge in [0.05, 0.1) is 17.7 Å². The molecule has 21 heavy (non-hydrogen) atoms. The Morgan fingerprint density at radius 2 is 2.00 bits per heavy atom. The summed E-state index contributed by atoms with van der Waals surface area (Å²) in [6.45, 7) is 0.0206. The minimum absolute atomic E-state index is 0.0136. The fraction of sp³-hybridized carbons (Fsp3) is 0.133. The molecule has 0 aliphatic carbocycles. The highest BCUT2D eigenvalue weighted by atomic mass is 35.5. The molecule has 0 saturated heterocycles. The molecule has 0 saturated carbocycles. The molecule has 2 aromatic carbocycles. The molecule has 0 heterocycles. The van der Waals surface area contributed by atoms with E-state index in [2.05, 4.69) is 10.3 Å². The molecule has 0 aliphatic heterocycles. The Kier molecular flexibility index (Phi) is 5.14. The highest BCUT2D eigenvalue weighted by molar-refractivity contribution is 6.30. The third-order valence-electron chi connectivity index (χ3n) is 2.81. The number of aliphatic imine (C=N–C) groups is 1. The maximum Gasteiger partial charge on any atom is 0.193 e. The van der Waals surface area contributed by atoms with Crippen LogP contribution in [0.15, 0.2) is 53.5 Å². The normalized spacial score (nSPS) is 13.0. The molecule has 1 atom stereocenters. The largest absolute Gasteiger partial charge is 0.386 e. The summed E-state index contributed by atoms with van der Waals surface area (Å²) < 4.78 is 13.3. The number of nitrogens with one attached hydrogen (secondary N) is 1. The van der Waals surface area contributed by atoms with Gasteiger partial charge in [0.1, 0.15) is 5.82 Å². The van der Waals surface area contributed by atoms with Gasteiger partial charge in [-0.3, -0.25) is 4.99 Å². The van der Waals surface area contributed by atoms with Gasteiger partial charge in [-0.25, -0.2) is 4.39 Å². The molecule has 4 nitrogen and oxygen atoms in total. The van der Waals surface area contributed by atoms with Crippen molar-refractivity contribution in [2.75, 3.05) is 11.9 Å². The summed E-state index contributed by atoms with van der Waals surface area (Å²) in [7, 11) is 0. The van der Waals surface area contributed by atoms with Crippen molar-refractivity contribution < 1.29 is 9.50 Å². The zero-order chi connectivity index (χ0) is 15.2. The minimum atomic E-state index is -0.951. The number of hydrogen-bond acceptors (Lipinski definition) is 2. The van der Waals surface area contributed by atoms with Crippen LogP contribution in [0.2, 0.25) is 5.02 Å². The summed E-state index contributed by atoms with van der Waals surface area (Å²) in [4.78, 5) is 4.03. The fourth-order valence-electron chi connectivity index (χ4n) is 1.72. The van der Waals surface area contributed by atoms with E-state index in [1.807, 2.05) is 30.3 Å². The van der Waals surface area contributed by atoms with E-state index in [0.717, 1.165) is 5.69 Å². The van der Waals surface area contributed by atoms with Gasteiger partial charge in [0.25, 0.3) is 0 Å². The van der Waals surface area contributed by atoms with Crippen molar-refractivity contribution in [1.82, 2.24) is 0 Å². The maximum absolute atomic E-state index is 13.3. The SMILES string of the molecule is NC(=NCC(O)c1ccc(Cl)c(F)c1)Nc1ccccc1. The zero-order valence-corrected chi connectivity index (χ0v) is 11.9. The average molecular weight is 308 g/mol. The first kappa shape index (κ1) is 15.3. The van der Waals surface area contributed by atoms with Gasteiger partial charge in [-0.2, -0.15) is 0 Å². The van der Waals surface area contributed by atoms with Gasteiger partial charge >= 0.3 is 0 Å². The number of nitrogens with two attached hydrogens (primary N) is 1. The van der Waals surface area contributed by atoms with E-state index in [1.54, 1.807) is 6.07 Å². The summed E-state index contributed by atoms with van der Waals surface area (Å²) in [5, 5.41) is 12.9. The number of nitrogens with zero attached hydrogens (tertiary/aromatic N) is 1. The first-order chi connectivity index (χ1) is 10.1. The molecule has 6 heteroatoms. The molecule has 0 fully saturated rings. The highest BCUT2D eigenvalue weighted by Crippen LogP contribution is 2.20. The van der Waals surface area contributed by atoms with Gasteiger partial charge in [-0.15, -0.1) is 0 Å². The minimum Gasteiger partial charge on any atom is -0.386 e. The molecule has 0 aliphatic rings. The number of anilines is 1. The Hall–Kier alpha value is -2.11. The van der Waals surface area contributed by atoms with E-state index in [-0.39, 0.29) is 17.5 Å². The van der Waals surface area contributed by atoms with Crippen molar-refractivity contribution in [1.29, 1.82) is 0 Å². The van der Waals surface area contributed by atoms with Crippen LogP contribution >= 0.6 is 11.6 Å². The topological polar surface area (TPSA) is 70.6 Å². The molecule has 0 radical (unpaired) electrons. The Morgan fingerprint density at radius 3 is 2.67 bits per heavy atom. The lowest BCUT2D eigenvalue weighted by Crippen LogP contribution is -2.23. The van der Waals surface area contributed by atoms with E-state index in [1.165, 1.54) is 12.1 Å². The van der Waals surface area contributed by atoms with Crippen molar-refractivity contribution in [3.8, 4) is 0 Å². The molecule has 2 rings (SSSR count). The number of aliphatic hydroxyl groups excluding tert-OH is 1. The number of aliphatic hydroxyl groups is 1. The average Bonchev–Trinajstić information content (AvgIpc) is 2.48. The number of hydrogen-bond donors (Lipinski definition) is 3. The lowest BCUT2D eigenvalue weighted by atomic mass is 10.1. The molecule has 110 valence electrons. The molecule has 0 amide bonds. The zero-order valence-electron chi connectivity index (χ0n) is 11.1. The summed E-state index contributed by atoms with van der Waals surface area (Å²) in [6, 6.07) is 13.4. The first-order valence-corrected chi connectivity index (χ1v) is 6.69. The highest BCUT2D eigenvalue weighted by Gasteiger charge is 2.10. The van der Waals surface area contributed by atoms with Crippen LogP contribution in [0.5, 0.6) is 0 Å². The lowest BCUT2D eigenvalue weighted by molar-refractivity contribution is 0.187. The second kappa shape index (κ2) is 7.06. The van der Waals surface area contributed by atoms with E-state index in [0.29, 0.717) is 5.56 Å². The third-order valence-corrected chi connectivity index (χ3v) is 3.12. The van der Waals surface area contributed by atoms with E-state index >= 15 is 0 Å². The van der Waals surface area contributed by atoms with Crippen LogP contribution in [-0.4, -0.2) is 17.6 Å². The summed E-state index contributed by atoms with van der Waals surface area (Å²) in [5.74, 6) is -0.401. The van der Waals surface area contributed by atoms with Gasteiger partial charge in [-0.1, -0.05) is 35.9 Å². The summed E-state index contributed by atoms with van der Waals surface area (Å²) >= 11 is 5.59. The van der Waals surface area contributed by atoms with E-state index < -0.39 is 11.9 Å². The fourth-order valence-corrected chi connectivity index (χ4v) is 1.84. The monoisotopic (exact) mass is 307 g/mol. The van der Waals surface area contributed by atoms with Gasteiger partial charge in [-0.05, 0) is 29.8 Å². The Labute approximate surface area is 127 Å². The van der Waals surface area contributed by atoms with Crippen LogP contribution in [0, 0.1) is 5.82 Å². The van der Waals surface area contributed by atoms with Crippen LogP contribution < -0.4 is 11.1 Å². The van der Waals surface area contributed by atoms with Gasteiger partial charge in [0.15, 0.2) is 5.96 Å². The number of para-hydroxylation sites is 1. The summed E-state index contributed by atoms with van der Waals surface area (Å²) in [6.07, 6.45) is -0.951. The molecule has 0 spiro atoms. The molecule has 0 aromatic heterocycles. The van der Waals surface area contributed by atoms with Crippen LogP contribution in [0.3, 0.4) is 0 Å². The number of rotatable bonds is 4. The number of guanidine groups is 1. The Balaban J connectivity index is 1.97. The van der Waals surface area contributed by atoms with Gasteiger partial charge < -0.3 is 16.2 Å². The third kappa shape index (κ3) is 4.44. The van der Waals surface area contributed by atoms with Crippen LogP contribution in [0.25, 0.3) is 0 Å². The molecule has 0 bridgehead atoms. The Bertz CT molecular complexity index is 634. The van der Waals surface area contributed by atoms with Crippen molar-refractivity contribution >= 4 is 23.2 Å². The van der Waals surface area contributed by atoms with Crippen LogP contribution in [-0.2, 0) is 0 Å². The number of halogens is 2. The predicted molar refractivity (Wildman–Crippen MR) is 82.9 cm³/mol. The lowest BCUT2D eigenvalue weighted by Gasteiger charge is -2.10. The van der Waals surface area contributed by atoms with Gasteiger partial charge in [0.2, 0.25) is 0 Å². The first-order valence-electron chi connectivity index (χ1n) is 6.31. The maximum atomic E-state index is 13.3. The Morgan fingerprint density at radius 1 is 1.29 bits per heavy atom. The summed E-state index contributed by atoms with van der Waals surface area (Å²) in [5.41, 5.74) is 6.91. The van der Waals surface area contributed by atoms with Crippen LogP contribution in [0.4, 0.5) is 10.1 Å². The smallest absolute Gasteiger partial charge is 0.193 e. The van der Waals surface area contributed by atoms with E-state index in [9.17, 15) is 9.50 Å². The van der Waals surface area contributed by atoms with Crippen LogP contribution in [0.1, 0.15) is 11.7 Å². The van der Waals surface area contributed by atoms with Crippen molar-refractivity contribution in [3.63, 3.8) is 0 Å². The molecular weight excluding hydrogens is 293 g/mol. The van der Waals surface area contributed by atoms with Crippen molar-refractivity contribution in [2.24, 2.45) is 10.7 Å².